The Bertz CT molecular complexity index is 424. The number of hydrogen-bond donors (Lipinski definition) is 1. The summed E-state index contributed by atoms with van der Waals surface area (Å²) in [5.74, 6) is 1.72. The number of tetrazole rings is 1. The van der Waals surface area contributed by atoms with Crippen molar-refractivity contribution in [2.24, 2.45) is 23.8 Å². The SMILES string of the molecule is CNCC1(Cc2nnn(C)n2)CCC(C(C)(C)C)CC1. The molecule has 5 heteroatoms. The van der Waals surface area contributed by atoms with Crippen LogP contribution in [-0.4, -0.2) is 33.8 Å². The lowest BCUT2D eigenvalue weighted by molar-refractivity contribution is 0.0862. The van der Waals surface area contributed by atoms with Gasteiger partial charge in [0.2, 0.25) is 0 Å². The molecule has 0 saturated heterocycles. The van der Waals surface area contributed by atoms with Crippen molar-refractivity contribution in [1.29, 1.82) is 0 Å². The molecule has 20 heavy (non-hydrogen) atoms. The summed E-state index contributed by atoms with van der Waals surface area (Å²) in [5, 5.41) is 15.9. The van der Waals surface area contributed by atoms with Gasteiger partial charge >= 0.3 is 0 Å². The Balaban J connectivity index is 2.05. The van der Waals surface area contributed by atoms with Crippen LogP contribution in [0, 0.1) is 16.7 Å². The van der Waals surface area contributed by atoms with Crippen LogP contribution in [0.25, 0.3) is 0 Å². The summed E-state index contributed by atoms with van der Waals surface area (Å²) >= 11 is 0. The minimum absolute atomic E-state index is 0.305. The molecule has 0 spiro atoms. The van der Waals surface area contributed by atoms with E-state index in [1.165, 1.54) is 25.7 Å². The molecule has 0 unspecified atom stereocenters. The van der Waals surface area contributed by atoms with Gasteiger partial charge in [0.05, 0.1) is 7.05 Å². The molecule has 0 aliphatic heterocycles. The van der Waals surface area contributed by atoms with Gasteiger partial charge in [0, 0.05) is 13.0 Å². The van der Waals surface area contributed by atoms with E-state index < -0.39 is 0 Å². The summed E-state index contributed by atoms with van der Waals surface area (Å²) in [7, 11) is 3.87. The molecule has 0 amide bonds. The van der Waals surface area contributed by atoms with Gasteiger partial charge in [0.25, 0.3) is 0 Å². The quantitative estimate of drug-likeness (QED) is 0.918. The first-order valence-corrected chi connectivity index (χ1v) is 7.72. The zero-order valence-corrected chi connectivity index (χ0v) is 13.6. The number of nitrogens with one attached hydrogen (secondary N) is 1. The van der Waals surface area contributed by atoms with Crippen molar-refractivity contribution < 1.29 is 0 Å². The Morgan fingerprint density at radius 1 is 1.30 bits per heavy atom. The molecule has 1 aromatic heterocycles. The van der Waals surface area contributed by atoms with Crippen LogP contribution in [0.1, 0.15) is 52.3 Å². The first-order valence-electron chi connectivity index (χ1n) is 7.72. The summed E-state index contributed by atoms with van der Waals surface area (Å²) in [6.45, 7) is 8.15. The van der Waals surface area contributed by atoms with Crippen molar-refractivity contribution in [3.05, 3.63) is 5.82 Å². The lowest BCUT2D eigenvalue weighted by Crippen LogP contribution is -2.40. The Hall–Kier alpha value is -0.970. The molecule has 1 aliphatic rings. The third-order valence-corrected chi connectivity index (χ3v) is 4.91. The van der Waals surface area contributed by atoms with Crippen LogP contribution in [0.15, 0.2) is 0 Å². The Morgan fingerprint density at radius 2 is 1.95 bits per heavy atom. The highest BCUT2D eigenvalue weighted by Crippen LogP contribution is 2.46. The van der Waals surface area contributed by atoms with Gasteiger partial charge in [-0.05, 0) is 54.7 Å². The molecule has 0 bridgehead atoms. The molecule has 2 rings (SSSR count). The molecular formula is C15H29N5. The monoisotopic (exact) mass is 279 g/mol. The standard InChI is InChI=1S/C15H29N5/c1-14(2,3)12-6-8-15(9-7-12,11-16-4)10-13-17-19-20(5)18-13/h12,16H,6-11H2,1-5H3. The lowest BCUT2D eigenvalue weighted by atomic mass is 9.63. The van der Waals surface area contributed by atoms with E-state index in [1.807, 2.05) is 14.1 Å². The third-order valence-electron chi connectivity index (χ3n) is 4.91. The van der Waals surface area contributed by atoms with Crippen molar-refractivity contribution in [1.82, 2.24) is 25.5 Å². The summed E-state index contributed by atoms with van der Waals surface area (Å²) in [4.78, 5) is 1.56. The highest BCUT2D eigenvalue weighted by molar-refractivity contribution is 4.96. The van der Waals surface area contributed by atoms with Gasteiger partial charge in [-0.3, -0.25) is 0 Å². The molecule has 1 aliphatic carbocycles. The Morgan fingerprint density at radius 3 is 2.40 bits per heavy atom. The maximum atomic E-state index is 4.37. The van der Waals surface area contributed by atoms with Gasteiger partial charge in [0.15, 0.2) is 5.82 Å². The van der Waals surface area contributed by atoms with Crippen LogP contribution in [0.4, 0.5) is 0 Å². The smallest absolute Gasteiger partial charge is 0.175 e. The molecule has 1 N–H and O–H groups in total. The van der Waals surface area contributed by atoms with Gasteiger partial charge < -0.3 is 5.32 Å². The number of rotatable bonds is 4. The van der Waals surface area contributed by atoms with E-state index >= 15 is 0 Å². The third kappa shape index (κ3) is 3.57. The van der Waals surface area contributed by atoms with E-state index in [1.54, 1.807) is 4.80 Å². The van der Waals surface area contributed by atoms with Gasteiger partial charge in [-0.15, -0.1) is 10.2 Å². The molecule has 1 heterocycles. The van der Waals surface area contributed by atoms with Crippen LogP contribution in [-0.2, 0) is 13.5 Å². The fourth-order valence-electron chi connectivity index (χ4n) is 3.62. The molecule has 0 radical (unpaired) electrons. The highest BCUT2D eigenvalue weighted by Gasteiger charge is 2.39. The summed E-state index contributed by atoms with van der Waals surface area (Å²) in [6.07, 6.45) is 6.08. The minimum atomic E-state index is 0.305. The maximum Gasteiger partial charge on any atom is 0.175 e. The second kappa shape index (κ2) is 5.80. The van der Waals surface area contributed by atoms with Crippen LogP contribution in [0.3, 0.4) is 0 Å². The van der Waals surface area contributed by atoms with E-state index in [4.69, 9.17) is 0 Å². The molecule has 1 saturated carbocycles. The largest absolute Gasteiger partial charge is 0.319 e. The highest BCUT2D eigenvalue weighted by atomic mass is 15.6. The van der Waals surface area contributed by atoms with Crippen molar-refractivity contribution in [2.45, 2.75) is 52.9 Å². The number of aromatic nitrogens is 4. The van der Waals surface area contributed by atoms with Gasteiger partial charge in [0.1, 0.15) is 0 Å². The predicted molar refractivity (Wildman–Crippen MR) is 80.3 cm³/mol. The van der Waals surface area contributed by atoms with E-state index in [-0.39, 0.29) is 0 Å². The Labute approximate surface area is 122 Å². The number of hydrogen-bond acceptors (Lipinski definition) is 4. The van der Waals surface area contributed by atoms with Crippen LogP contribution in [0.5, 0.6) is 0 Å². The van der Waals surface area contributed by atoms with Crippen molar-refractivity contribution >= 4 is 0 Å². The normalized spacial score (nSPS) is 27.8. The van der Waals surface area contributed by atoms with Crippen LogP contribution < -0.4 is 5.32 Å². The fraction of sp³-hybridized carbons (Fsp3) is 0.933. The van der Waals surface area contributed by atoms with E-state index in [2.05, 4.69) is 41.5 Å². The number of aryl methyl sites for hydroxylation is 1. The molecule has 0 aromatic carbocycles. The molecular weight excluding hydrogens is 250 g/mol. The molecule has 0 atom stereocenters. The van der Waals surface area contributed by atoms with E-state index in [0.717, 1.165) is 24.7 Å². The summed E-state index contributed by atoms with van der Waals surface area (Å²) in [5.41, 5.74) is 0.732. The Kier molecular flexibility index (Phi) is 4.47. The van der Waals surface area contributed by atoms with Gasteiger partial charge in [-0.2, -0.15) is 4.80 Å². The molecule has 1 aromatic rings. The molecule has 5 nitrogen and oxygen atoms in total. The number of nitrogens with zero attached hydrogens (tertiary/aromatic N) is 4. The maximum absolute atomic E-state index is 4.37. The topological polar surface area (TPSA) is 55.6 Å². The van der Waals surface area contributed by atoms with Crippen molar-refractivity contribution in [2.75, 3.05) is 13.6 Å². The van der Waals surface area contributed by atoms with E-state index in [0.29, 0.717) is 10.8 Å². The fourth-order valence-corrected chi connectivity index (χ4v) is 3.62. The van der Waals surface area contributed by atoms with Gasteiger partial charge in [-0.25, -0.2) is 0 Å². The zero-order valence-electron chi connectivity index (χ0n) is 13.6. The zero-order chi connectivity index (χ0) is 14.8. The van der Waals surface area contributed by atoms with Gasteiger partial charge in [-0.1, -0.05) is 20.8 Å². The first kappa shape index (κ1) is 15.4. The van der Waals surface area contributed by atoms with Crippen molar-refractivity contribution in [3.63, 3.8) is 0 Å². The predicted octanol–water partition coefficient (Wildman–Crippen LogP) is 2.19. The summed E-state index contributed by atoms with van der Waals surface area (Å²) < 4.78 is 0. The molecule has 1 fully saturated rings. The summed E-state index contributed by atoms with van der Waals surface area (Å²) in [6, 6.07) is 0. The second-order valence-corrected chi connectivity index (χ2v) is 7.54. The average molecular weight is 279 g/mol. The van der Waals surface area contributed by atoms with E-state index in [9.17, 15) is 0 Å². The van der Waals surface area contributed by atoms with Crippen LogP contribution in [0.2, 0.25) is 0 Å². The molecule has 114 valence electrons. The van der Waals surface area contributed by atoms with Crippen LogP contribution >= 0.6 is 0 Å². The van der Waals surface area contributed by atoms with Crippen molar-refractivity contribution in [3.8, 4) is 0 Å². The minimum Gasteiger partial charge on any atom is -0.319 e. The first-order chi connectivity index (χ1) is 9.35. The second-order valence-electron chi connectivity index (χ2n) is 7.54. The lowest BCUT2D eigenvalue weighted by Gasteiger charge is -2.43. The average Bonchev–Trinajstić information content (AvgIpc) is 2.74.